The summed E-state index contributed by atoms with van der Waals surface area (Å²) in [5.41, 5.74) is 0.326. The van der Waals surface area contributed by atoms with Crippen molar-refractivity contribution >= 4 is 11.7 Å². The molecule has 5 nitrogen and oxygen atoms in total. The van der Waals surface area contributed by atoms with Gasteiger partial charge in [0.05, 0.1) is 0 Å². The van der Waals surface area contributed by atoms with E-state index in [9.17, 15) is 4.79 Å². The minimum atomic E-state index is -0.224. The zero-order valence-electron chi connectivity index (χ0n) is 9.24. The summed E-state index contributed by atoms with van der Waals surface area (Å²) < 4.78 is 0. The number of carbonyl (C=O) groups is 1. The van der Waals surface area contributed by atoms with Gasteiger partial charge in [-0.2, -0.15) is 0 Å². The van der Waals surface area contributed by atoms with Gasteiger partial charge in [0.15, 0.2) is 5.69 Å². The number of carbonyl (C=O) groups excluding carboxylic acids is 1. The van der Waals surface area contributed by atoms with Crippen molar-refractivity contribution in [3.05, 3.63) is 17.8 Å². The Kier molecular flexibility index (Phi) is 4.03. The molecule has 1 atom stereocenters. The third-order valence-electron chi connectivity index (χ3n) is 2.13. The number of amides is 1. The van der Waals surface area contributed by atoms with Crippen LogP contribution in [0.3, 0.4) is 0 Å². The van der Waals surface area contributed by atoms with E-state index in [0.717, 1.165) is 6.42 Å². The van der Waals surface area contributed by atoms with Crippen LogP contribution in [0.1, 0.15) is 30.8 Å². The molecule has 1 amide bonds. The molecule has 0 aliphatic heterocycles. The number of hydrogen-bond acceptors (Lipinski definition) is 4. The van der Waals surface area contributed by atoms with Crippen LogP contribution in [0.4, 0.5) is 5.82 Å². The van der Waals surface area contributed by atoms with Gasteiger partial charge in [-0.15, -0.1) is 10.2 Å². The number of nitrogens with zero attached hydrogens (tertiary/aromatic N) is 2. The van der Waals surface area contributed by atoms with E-state index in [1.165, 1.54) is 0 Å². The van der Waals surface area contributed by atoms with Gasteiger partial charge in [0.2, 0.25) is 0 Å². The Hall–Kier alpha value is -1.65. The topological polar surface area (TPSA) is 66.9 Å². The van der Waals surface area contributed by atoms with Crippen LogP contribution in [-0.2, 0) is 0 Å². The molecule has 2 N–H and O–H groups in total. The fourth-order valence-corrected chi connectivity index (χ4v) is 1.01. The molecule has 1 aromatic rings. The van der Waals surface area contributed by atoms with Crippen molar-refractivity contribution in [1.29, 1.82) is 0 Å². The molecular weight excluding hydrogens is 192 g/mol. The van der Waals surface area contributed by atoms with E-state index in [1.54, 1.807) is 19.2 Å². The maximum Gasteiger partial charge on any atom is 0.271 e. The van der Waals surface area contributed by atoms with Crippen LogP contribution in [-0.4, -0.2) is 29.2 Å². The summed E-state index contributed by atoms with van der Waals surface area (Å²) >= 11 is 0. The molecule has 1 unspecified atom stereocenters. The Morgan fingerprint density at radius 2 is 2.20 bits per heavy atom. The number of hydrogen-bond donors (Lipinski definition) is 2. The number of anilines is 1. The van der Waals surface area contributed by atoms with Gasteiger partial charge in [0.1, 0.15) is 5.82 Å². The summed E-state index contributed by atoms with van der Waals surface area (Å²) in [4.78, 5) is 11.2. The van der Waals surface area contributed by atoms with Gasteiger partial charge in [-0.25, -0.2) is 0 Å². The van der Waals surface area contributed by atoms with Crippen molar-refractivity contribution in [2.24, 2.45) is 0 Å². The lowest BCUT2D eigenvalue weighted by atomic mass is 10.2. The molecule has 0 aliphatic rings. The quantitative estimate of drug-likeness (QED) is 0.776. The molecule has 82 valence electrons. The lowest BCUT2D eigenvalue weighted by Crippen LogP contribution is -2.20. The van der Waals surface area contributed by atoms with E-state index in [1.807, 2.05) is 0 Å². The van der Waals surface area contributed by atoms with Crippen molar-refractivity contribution in [3.8, 4) is 0 Å². The van der Waals surface area contributed by atoms with Gasteiger partial charge >= 0.3 is 0 Å². The van der Waals surface area contributed by atoms with Gasteiger partial charge in [0, 0.05) is 13.1 Å². The first-order valence-electron chi connectivity index (χ1n) is 4.99. The highest BCUT2D eigenvalue weighted by Gasteiger charge is 2.06. The van der Waals surface area contributed by atoms with E-state index in [0.29, 0.717) is 17.6 Å². The van der Waals surface area contributed by atoms with E-state index >= 15 is 0 Å². The normalized spacial score (nSPS) is 11.9. The van der Waals surface area contributed by atoms with E-state index in [4.69, 9.17) is 0 Å². The molecule has 0 aromatic carbocycles. The average molecular weight is 208 g/mol. The van der Waals surface area contributed by atoms with E-state index in [-0.39, 0.29) is 5.91 Å². The first-order chi connectivity index (χ1) is 7.17. The third kappa shape index (κ3) is 3.19. The number of rotatable bonds is 4. The standard InChI is InChI=1S/C10H16N4O/c1-4-7(2)12-9-6-5-8(13-14-9)10(15)11-3/h5-7H,4H2,1-3H3,(H,11,15)(H,12,14). The van der Waals surface area contributed by atoms with Crippen molar-refractivity contribution in [1.82, 2.24) is 15.5 Å². The van der Waals surface area contributed by atoms with Crippen LogP contribution in [0.5, 0.6) is 0 Å². The maximum atomic E-state index is 11.2. The van der Waals surface area contributed by atoms with Crippen LogP contribution in [0.15, 0.2) is 12.1 Å². The maximum absolute atomic E-state index is 11.2. The van der Waals surface area contributed by atoms with Crippen LogP contribution in [0, 0.1) is 0 Å². The summed E-state index contributed by atoms with van der Waals surface area (Å²) in [5, 5.41) is 13.4. The Bertz CT molecular complexity index is 323. The van der Waals surface area contributed by atoms with Crippen LogP contribution in [0.25, 0.3) is 0 Å². The fourth-order valence-electron chi connectivity index (χ4n) is 1.01. The predicted octanol–water partition coefficient (Wildman–Crippen LogP) is 1.05. The SMILES string of the molecule is CCC(C)Nc1ccc(C(=O)NC)nn1. The summed E-state index contributed by atoms with van der Waals surface area (Å²) in [6.45, 7) is 4.15. The average Bonchev–Trinajstić information content (AvgIpc) is 2.29. The molecule has 0 saturated carbocycles. The van der Waals surface area contributed by atoms with Crippen LogP contribution in [0.2, 0.25) is 0 Å². The highest BCUT2D eigenvalue weighted by molar-refractivity contribution is 5.91. The summed E-state index contributed by atoms with van der Waals surface area (Å²) in [6.07, 6.45) is 1.01. The van der Waals surface area contributed by atoms with E-state index in [2.05, 4.69) is 34.7 Å². The Morgan fingerprint density at radius 1 is 1.47 bits per heavy atom. The summed E-state index contributed by atoms with van der Waals surface area (Å²) in [5.74, 6) is 0.467. The van der Waals surface area contributed by atoms with Crippen molar-refractivity contribution in [2.75, 3.05) is 12.4 Å². The van der Waals surface area contributed by atoms with Gasteiger partial charge < -0.3 is 10.6 Å². The minimum absolute atomic E-state index is 0.224. The van der Waals surface area contributed by atoms with Crippen molar-refractivity contribution in [2.45, 2.75) is 26.3 Å². The van der Waals surface area contributed by atoms with Crippen molar-refractivity contribution < 1.29 is 4.79 Å². The first-order valence-corrected chi connectivity index (χ1v) is 4.99. The van der Waals surface area contributed by atoms with Crippen molar-refractivity contribution in [3.63, 3.8) is 0 Å². The second-order valence-electron chi connectivity index (χ2n) is 3.34. The second-order valence-corrected chi connectivity index (χ2v) is 3.34. The first kappa shape index (κ1) is 11.4. The molecule has 5 heteroatoms. The molecular formula is C10H16N4O. The molecule has 15 heavy (non-hydrogen) atoms. The summed E-state index contributed by atoms with van der Waals surface area (Å²) in [6, 6.07) is 3.76. The monoisotopic (exact) mass is 208 g/mol. The highest BCUT2D eigenvalue weighted by Crippen LogP contribution is 2.05. The van der Waals surface area contributed by atoms with E-state index < -0.39 is 0 Å². The predicted molar refractivity (Wildman–Crippen MR) is 58.8 cm³/mol. The molecule has 0 aliphatic carbocycles. The fraction of sp³-hybridized carbons (Fsp3) is 0.500. The number of aromatic nitrogens is 2. The minimum Gasteiger partial charge on any atom is -0.366 e. The van der Waals surface area contributed by atoms with Gasteiger partial charge in [-0.1, -0.05) is 6.92 Å². The molecule has 0 bridgehead atoms. The second kappa shape index (κ2) is 5.29. The molecule has 0 radical (unpaired) electrons. The Labute approximate surface area is 89.3 Å². The molecule has 1 aromatic heterocycles. The molecule has 0 saturated heterocycles. The van der Waals surface area contributed by atoms with Crippen LogP contribution < -0.4 is 10.6 Å². The molecule has 1 heterocycles. The van der Waals surface area contributed by atoms with Crippen LogP contribution >= 0.6 is 0 Å². The highest BCUT2D eigenvalue weighted by atomic mass is 16.1. The van der Waals surface area contributed by atoms with Gasteiger partial charge in [-0.3, -0.25) is 4.79 Å². The zero-order chi connectivity index (χ0) is 11.3. The zero-order valence-corrected chi connectivity index (χ0v) is 9.24. The Morgan fingerprint density at radius 3 is 2.67 bits per heavy atom. The molecule has 0 spiro atoms. The molecule has 0 fully saturated rings. The lowest BCUT2D eigenvalue weighted by Gasteiger charge is -2.10. The summed E-state index contributed by atoms with van der Waals surface area (Å²) in [7, 11) is 1.56. The van der Waals surface area contributed by atoms with Gasteiger partial charge in [-0.05, 0) is 25.5 Å². The molecule has 1 rings (SSSR count). The van der Waals surface area contributed by atoms with Gasteiger partial charge in [0.25, 0.3) is 5.91 Å². The lowest BCUT2D eigenvalue weighted by molar-refractivity contribution is 0.0957. The third-order valence-corrected chi connectivity index (χ3v) is 2.13. The Balaban J connectivity index is 2.68. The number of nitrogens with one attached hydrogen (secondary N) is 2. The largest absolute Gasteiger partial charge is 0.366 e. The smallest absolute Gasteiger partial charge is 0.271 e.